The molecule has 0 unspecified atom stereocenters. The van der Waals surface area contributed by atoms with Gasteiger partial charge in [-0.1, -0.05) is 24.3 Å². The summed E-state index contributed by atoms with van der Waals surface area (Å²) >= 11 is 0. The standard InChI is InChI=1S/C26H30FN3O2/c1-29-23-12-11-18(17-7-3-2-4-8-17)15-20(23)25-19(24(29)16-31)13-14-30(25)26(32)28-22-10-6-5-9-21(22)27/h5-7,9-12,15,19,24-25,31H,2-4,8,13-14,16H2,1H3,(H,28,32)/t19-,24+,25-/m0/s1. The minimum atomic E-state index is -0.444. The Morgan fingerprint density at radius 3 is 2.81 bits per heavy atom. The van der Waals surface area contributed by atoms with Gasteiger partial charge in [-0.15, -0.1) is 0 Å². The van der Waals surface area contributed by atoms with Crippen LogP contribution >= 0.6 is 0 Å². The van der Waals surface area contributed by atoms with Gasteiger partial charge in [-0.3, -0.25) is 0 Å². The molecule has 2 aliphatic heterocycles. The van der Waals surface area contributed by atoms with E-state index in [1.807, 2.05) is 11.9 Å². The van der Waals surface area contributed by atoms with Gasteiger partial charge in [-0.25, -0.2) is 9.18 Å². The van der Waals surface area contributed by atoms with Crippen LogP contribution < -0.4 is 10.2 Å². The number of carbonyl (C=O) groups is 1. The number of allylic oxidation sites excluding steroid dienone is 2. The number of halogens is 1. The molecule has 32 heavy (non-hydrogen) atoms. The molecular formula is C26H30FN3O2. The fraction of sp³-hybridized carbons (Fsp3) is 0.423. The molecular weight excluding hydrogens is 405 g/mol. The number of likely N-dealkylation sites (N-methyl/N-ethyl adjacent to an activating group) is 1. The second-order valence-corrected chi connectivity index (χ2v) is 9.11. The van der Waals surface area contributed by atoms with Crippen molar-refractivity contribution in [2.45, 2.75) is 44.2 Å². The Hall–Kier alpha value is -2.86. The Morgan fingerprint density at radius 2 is 2.06 bits per heavy atom. The van der Waals surface area contributed by atoms with Crippen LogP contribution in [0, 0.1) is 11.7 Å². The molecule has 0 bridgehead atoms. The van der Waals surface area contributed by atoms with Gasteiger partial charge in [0.1, 0.15) is 5.82 Å². The highest BCUT2D eigenvalue weighted by Crippen LogP contribution is 2.49. The number of hydrogen-bond acceptors (Lipinski definition) is 3. The molecule has 5 nitrogen and oxygen atoms in total. The van der Waals surface area contributed by atoms with Crippen LogP contribution in [0.25, 0.3) is 5.57 Å². The normalized spacial score (nSPS) is 24.6. The molecule has 1 aliphatic carbocycles. The summed E-state index contributed by atoms with van der Waals surface area (Å²) in [5.41, 5.74) is 4.96. The minimum Gasteiger partial charge on any atom is -0.394 e. The van der Waals surface area contributed by atoms with Crippen molar-refractivity contribution in [3.05, 3.63) is 65.5 Å². The van der Waals surface area contributed by atoms with Crippen molar-refractivity contribution in [1.29, 1.82) is 0 Å². The highest BCUT2D eigenvalue weighted by Gasteiger charge is 2.47. The second-order valence-electron chi connectivity index (χ2n) is 9.11. The summed E-state index contributed by atoms with van der Waals surface area (Å²) in [6, 6.07) is 12.3. The number of hydrogen-bond donors (Lipinski definition) is 2. The van der Waals surface area contributed by atoms with Crippen molar-refractivity contribution >= 4 is 23.0 Å². The number of fused-ring (bicyclic) bond motifs is 3. The number of amides is 2. The fourth-order valence-corrected chi connectivity index (χ4v) is 5.73. The fourth-order valence-electron chi connectivity index (χ4n) is 5.73. The molecule has 6 heteroatoms. The molecule has 0 saturated carbocycles. The van der Waals surface area contributed by atoms with E-state index in [1.165, 1.54) is 30.0 Å². The number of urea groups is 1. The first kappa shape index (κ1) is 21.0. The number of carbonyl (C=O) groups excluding carboxylic acids is 1. The first-order chi connectivity index (χ1) is 15.6. The van der Waals surface area contributed by atoms with Gasteiger partial charge in [0.15, 0.2) is 0 Å². The van der Waals surface area contributed by atoms with Crippen LogP contribution in [0.4, 0.5) is 20.6 Å². The third kappa shape index (κ3) is 3.56. The second kappa shape index (κ2) is 8.58. The van der Waals surface area contributed by atoms with E-state index in [0.29, 0.717) is 6.54 Å². The van der Waals surface area contributed by atoms with Crippen LogP contribution in [-0.2, 0) is 0 Å². The first-order valence-corrected chi connectivity index (χ1v) is 11.6. The monoisotopic (exact) mass is 435 g/mol. The lowest BCUT2D eigenvalue weighted by Crippen LogP contribution is -2.48. The van der Waals surface area contributed by atoms with E-state index in [1.54, 1.807) is 18.2 Å². The summed E-state index contributed by atoms with van der Waals surface area (Å²) in [7, 11) is 2.03. The Balaban J connectivity index is 1.52. The Morgan fingerprint density at radius 1 is 1.22 bits per heavy atom. The smallest absolute Gasteiger partial charge is 0.322 e. The number of para-hydroxylation sites is 1. The topological polar surface area (TPSA) is 55.8 Å². The molecule has 0 radical (unpaired) electrons. The zero-order valence-corrected chi connectivity index (χ0v) is 18.4. The number of benzene rings is 2. The zero-order chi connectivity index (χ0) is 22.2. The number of anilines is 2. The van der Waals surface area contributed by atoms with Gasteiger partial charge < -0.3 is 20.2 Å². The van der Waals surface area contributed by atoms with Crippen LogP contribution in [-0.4, -0.2) is 42.3 Å². The van der Waals surface area contributed by atoms with Gasteiger partial charge in [0.2, 0.25) is 0 Å². The van der Waals surface area contributed by atoms with Crippen molar-refractivity contribution in [2.24, 2.45) is 5.92 Å². The lowest BCUT2D eigenvalue weighted by Gasteiger charge is -2.44. The maximum absolute atomic E-state index is 14.2. The van der Waals surface area contributed by atoms with Crippen LogP contribution in [0.3, 0.4) is 0 Å². The molecule has 2 aromatic carbocycles. The lowest BCUT2D eigenvalue weighted by atomic mass is 9.80. The number of nitrogens with zero attached hydrogens (tertiary/aromatic N) is 2. The number of likely N-dealkylation sites (tertiary alicyclic amines) is 1. The van der Waals surface area contributed by atoms with E-state index in [-0.39, 0.29) is 36.3 Å². The van der Waals surface area contributed by atoms with E-state index in [9.17, 15) is 14.3 Å². The van der Waals surface area contributed by atoms with E-state index >= 15 is 0 Å². The maximum Gasteiger partial charge on any atom is 0.322 e. The van der Waals surface area contributed by atoms with E-state index < -0.39 is 5.82 Å². The SMILES string of the molecule is CN1c2ccc(C3=CCCCC3)cc2[C@@H]2[C@@H](CCN2C(=O)Nc2ccccc2F)[C@H]1CO. The van der Waals surface area contributed by atoms with E-state index in [2.05, 4.69) is 34.5 Å². The van der Waals surface area contributed by atoms with Crippen molar-refractivity contribution in [3.63, 3.8) is 0 Å². The Kier molecular flexibility index (Phi) is 5.64. The number of rotatable bonds is 3. The average molecular weight is 436 g/mol. The summed E-state index contributed by atoms with van der Waals surface area (Å²) in [4.78, 5) is 17.2. The predicted molar refractivity (Wildman–Crippen MR) is 125 cm³/mol. The molecule has 0 spiro atoms. The summed E-state index contributed by atoms with van der Waals surface area (Å²) < 4.78 is 14.2. The molecule has 168 valence electrons. The molecule has 2 amide bonds. The first-order valence-electron chi connectivity index (χ1n) is 11.6. The quantitative estimate of drug-likeness (QED) is 0.698. The van der Waals surface area contributed by atoms with Crippen LogP contribution in [0.2, 0.25) is 0 Å². The van der Waals surface area contributed by atoms with Crippen molar-refractivity contribution < 1.29 is 14.3 Å². The lowest BCUT2D eigenvalue weighted by molar-refractivity contribution is 0.168. The number of nitrogens with one attached hydrogen (secondary N) is 1. The molecule has 1 fully saturated rings. The predicted octanol–water partition coefficient (Wildman–Crippen LogP) is 5.19. The summed E-state index contributed by atoms with van der Waals surface area (Å²) in [5, 5.41) is 12.9. The summed E-state index contributed by atoms with van der Waals surface area (Å²) in [6.07, 6.45) is 7.78. The van der Waals surface area contributed by atoms with Gasteiger partial charge in [-0.2, -0.15) is 0 Å². The van der Waals surface area contributed by atoms with E-state index in [0.717, 1.165) is 30.5 Å². The van der Waals surface area contributed by atoms with Gasteiger partial charge in [0, 0.05) is 25.2 Å². The summed E-state index contributed by atoms with van der Waals surface area (Å²) in [6.45, 7) is 0.610. The molecule has 1 saturated heterocycles. The molecule has 5 rings (SSSR count). The van der Waals surface area contributed by atoms with Gasteiger partial charge >= 0.3 is 6.03 Å². The van der Waals surface area contributed by atoms with Crippen molar-refractivity contribution in [1.82, 2.24) is 4.90 Å². The summed E-state index contributed by atoms with van der Waals surface area (Å²) in [5.74, 6) is -0.320. The molecule has 3 atom stereocenters. The molecule has 3 aliphatic rings. The average Bonchev–Trinajstić information content (AvgIpc) is 3.26. The molecule has 2 aromatic rings. The van der Waals surface area contributed by atoms with Crippen molar-refractivity contribution in [3.8, 4) is 0 Å². The highest BCUT2D eigenvalue weighted by molar-refractivity contribution is 5.90. The van der Waals surface area contributed by atoms with Crippen LogP contribution in [0.5, 0.6) is 0 Å². The van der Waals surface area contributed by atoms with Crippen molar-refractivity contribution in [2.75, 3.05) is 30.4 Å². The molecule has 2 N–H and O–H groups in total. The Bertz CT molecular complexity index is 1050. The molecule has 2 heterocycles. The zero-order valence-electron chi connectivity index (χ0n) is 18.4. The van der Waals surface area contributed by atoms with Crippen LogP contribution in [0.1, 0.15) is 49.3 Å². The minimum absolute atomic E-state index is 0.0345. The Labute approximate surface area is 188 Å². The van der Waals surface area contributed by atoms with Gasteiger partial charge in [-0.05, 0) is 73.1 Å². The van der Waals surface area contributed by atoms with Gasteiger partial charge in [0.05, 0.1) is 24.4 Å². The van der Waals surface area contributed by atoms with E-state index in [4.69, 9.17) is 0 Å². The number of aliphatic hydroxyl groups excluding tert-OH is 1. The van der Waals surface area contributed by atoms with Gasteiger partial charge in [0.25, 0.3) is 0 Å². The third-order valence-corrected chi connectivity index (χ3v) is 7.39. The number of aliphatic hydroxyl groups is 1. The van der Waals surface area contributed by atoms with Crippen LogP contribution in [0.15, 0.2) is 48.5 Å². The maximum atomic E-state index is 14.2. The highest BCUT2D eigenvalue weighted by atomic mass is 19.1. The molecule has 0 aromatic heterocycles. The largest absolute Gasteiger partial charge is 0.394 e. The third-order valence-electron chi connectivity index (χ3n) is 7.39.